The molecule has 4 aliphatic rings. The van der Waals surface area contributed by atoms with Crippen LogP contribution in [0, 0.1) is 17.8 Å². The van der Waals surface area contributed by atoms with Crippen LogP contribution in [0.15, 0.2) is 60.7 Å². The first-order valence-corrected chi connectivity index (χ1v) is 13.2. The van der Waals surface area contributed by atoms with E-state index in [2.05, 4.69) is 19.7 Å². The maximum atomic E-state index is 12.3. The quantitative estimate of drug-likeness (QED) is 0.136. The molecule has 2 heterocycles. The third-order valence-corrected chi connectivity index (χ3v) is 8.44. The van der Waals surface area contributed by atoms with Crippen LogP contribution < -0.4 is 0 Å². The SMILES string of the molecule is C=C1C(=O)O[C@@H]2[C@@H]3C(=C)[C@H](O[C@H]4O[C@@H](COCC(=O)c5ccc(O)cc5)[C@H](O)[C@H](O)[C@@H]4O)C[C@@H]3C(=C)C[C@H](O)[C@@H]12. The number of fused-ring (bicyclic) bond motifs is 3. The highest BCUT2D eigenvalue weighted by molar-refractivity contribution is 5.97. The standard InChI is InChI=1S/C29H34O11/c1-12-8-18(31)23-14(3)28(36)40-27(23)22-13(2)20(9-17(12)22)38-29-26(35)25(34)24(33)21(39-29)11-37-10-19(32)15-4-6-16(30)7-5-15/h4-7,17-18,20-27,29-31,33-35H,1-3,8-11H2/t17-,18+,20-,21+,22-,23-,24+,25+,26+,27-,29+/m1/s1. The number of aliphatic hydroxyl groups is 4. The van der Waals surface area contributed by atoms with Crippen molar-refractivity contribution in [3.05, 3.63) is 66.3 Å². The second-order valence-electron chi connectivity index (χ2n) is 10.9. The van der Waals surface area contributed by atoms with Crippen molar-refractivity contribution < 1.29 is 54.1 Å². The lowest BCUT2D eigenvalue weighted by molar-refractivity contribution is -0.309. The Labute approximate surface area is 230 Å². The van der Waals surface area contributed by atoms with Gasteiger partial charge in [-0.25, -0.2) is 4.79 Å². The molecule has 0 unspecified atom stereocenters. The molecule has 0 amide bonds. The summed E-state index contributed by atoms with van der Waals surface area (Å²) >= 11 is 0. The molecule has 5 N–H and O–H groups in total. The van der Waals surface area contributed by atoms with E-state index in [1.54, 1.807) is 0 Å². The fraction of sp³-hybridized carbons (Fsp3) is 0.517. The summed E-state index contributed by atoms with van der Waals surface area (Å²) in [7, 11) is 0. The van der Waals surface area contributed by atoms with Gasteiger partial charge in [0.05, 0.1) is 24.7 Å². The Morgan fingerprint density at radius 1 is 1.00 bits per heavy atom. The van der Waals surface area contributed by atoms with E-state index < -0.39 is 66.8 Å². The van der Waals surface area contributed by atoms with Gasteiger partial charge in [0, 0.05) is 17.1 Å². The number of esters is 1. The number of aliphatic hydroxyl groups excluding tert-OH is 4. The van der Waals surface area contributed by atoms with Gasteiger partial charge in [0.2, 0.25) is 0 Å². The number of ketones is 1. The van der Waals surface area contributed by atoms with Gasteiger partial charge in [0.1, 0.15) is 42.9 Å². The number of Topliss-reactive ketones (excluding diaryl/α,β-unsaturated/α-hetero) is 1. The minimum atomic E-state index is -1.62. The summed E-state index contributed by atoms with van der Waals surface area (Å²) < 4.78 is 22.9. The van der Waals surface area contributed by atoms with Crippen LogP contribution in [0.3, 0.4) is 0 Å². The molecule has 0 radical (unpaired) electrons. The summed E-state index contributed by atoms with van der Waals surface area (Å²) in [4.78, 5) is 24.6. The summed E-state index contributed by atoms with van der Waals surface area (Å²) in [5, 5.41) is 51.7. The largest absolute Gasteiger partial charge is 0.508 e. The fourth-order valence-electron chi connectivity index (χ4n) is 6.23. The maximum absolute atomic E-state index is 12.3. The molecule has 0 spiro atoms. The smallest absolute Gasteiger partial charge is 0.334 e. The van der Waals surface area contributed by atoms with Gasteiger partial charge in [-0.05, 0) is 48.6 Å². The van der Waals surface area contributed by atoms with Crippen LogP contribution in [0.2, 0.25) is 0 Å². The summed E-state index contributed by atoms with van der Waals surface area (Å²) in [6, 6.07) is 5.65. The number of hydrogen-bond donors (Lipinski definition) is 5. The Hall–Kier alpha value is -2.90. The molecule has 2 aliphatic carbocycles. The molecule has 216 valence electrons. The van der Waals surface area contributed by atoms with E-state index in [1.165, 1.54) is 24.3 Å². The van der Waals surface area contributed by atoms with E-state index in [1.807, 2.05) is 0 Å². The number of hydrogen-bond acceptors (Lipinski definition) is 11. The Balaban J connectivity index is 1.24. The zero-order valence-electron chi connectivity index (χ0n) is 21.8. The molecular formula is C29H34O11. The van der Waals surface area contributed by atoms with Gasteiger partial charge in [0.25, 0.3) is 0 Å². The Kier molecular flexibility index (Phi) is 7.99. The lowest BCUT2D eigenvalue weighted by Gasteiger charge is -2.41. The number of carbonyl (C=O) groups excluding carboxylic acids is 2. The van der Waals surface area contributed by atoms with E-state index in [0.717, 1.165) is 5.57 Å². The Morgan fingerprint density at radius 2 is 1.70 bits per heavy atom. The maximum Gasteiger partial charge on any atom is 0.334 e. The van der Waals surface area contributed by atoms with Crippen LogP contribution >= 0.6 is 0 Å². The monoisotopic (exact) mass is 558 g/mol. The molecule has 1 aromatic carbocycles. The Bertz CT molecular complexity index is 1190. The molecule has 1 aromatic rings. The van der Waals surface area contributed by atoms with Crippen molar-refractivity contribution in [2.24, 2.45) is 17.8 Å². The molecule has 11 atom stereocenters. The number of carbonyl (C=O) groups is 2. The molecule has 11 heteroatoms. The highest BCUT2D eigenvalue weighted by Crippen LogP contribution is 2.53. The molecule has 11 nitrogen and oxygen atoms in total. The van der Waals surface area contributed by atoms with Crippen molar-refractivity contribution in [1.29, 1.82) is 0 Å². The van der Waals surface area contributed by atoms with E-state index in [9.17, 15) is 35.1 Å². The van der Waals surface area contributed by atoms with Crippen molar-refractivity contribution in [3.8, 4) is 5.75 Å². The van der Waals surface area contributed by atoms with E-state index in [-0.39, 0.29) is 42.7 Å². The summed E-state index contributed by atoms with van der Waals surface area (Å²) in [6.45, 7) is 11.5. The first-order valence-electron chi connectivity index (χ1n) is 13.2. The molecule has 2 saturated carbocycles. The first-order chi connectivity index (χ1) is 19.0. The average Bonchev–Trinajstić information content (AvgIpc) is 3.36. The lowest BCUT2D eigenvalue weighted by atomic mass is 9.81. The highest BCUT2D eigenvalue weighted by atomic mass is 16.7. The van der Waals surface area contributed by atoms with Crippen molar-refractivity contribution in [3.63, 3.8) is 0 Å². The first kappa shape index (κ1) is 28.6. The molecule has 2 aliphatic heterocycles. The molecular weight excluding hydrogens is 524 g/mol. The zero-order chi connectivity index (χ0) is 28.9. The van der Waals surface area contributed by atoms with Gasteiger partial charge in [-0.2, -0.15) is 0 Å². The number of aromatic hydroxyl groups is 1. The van der Waals surface area contributed by atoms with E-state index in [4.69, 9.17) is 18.9 Å². The van der Waals surface area contributed by atoms with Crippen LogP contribution in [-0.4, -0.2) is 99.5 Å². The van der Waals surface area contributed by atoms with Crippen LogP contribution in [0.5, 0.6) is 5.75 Å². The number of benzene rings is 1. The minimum Gasteiger partial charge on any atom is -0.508 e. The Morgan fingerprint density at radius 3 is 2.40 bits per heavy atom. The molecule has 2 saturated heterocycles. The van der Waals surface area contributed by atoms with Crippen LogP contribution in [0.4, 0.5) is 0 Å². The van der Waals surface area contributed by atoms with Crippen LogP contribution in [0.25, 0.3) is 0 Å². The summed E-state index contributed by atoms with van der Waals surface area (Å²) in [6.07, 6.45) is -8.79. The average molecular weight is 559 g/mol. The highest BCUT2D eigenvalue weighted by Gasteiger charge is 2.57. The number of phenols is 1. The minimum absolute atomic E-state index is 0.0194. The van der Waals surface area contributed by atoms with Gasteiger partial charge in [-0.3, -0.25) is 4.79 Å². The van der Waals surface area contributed by atoms with E-state index >= 15 is 0 Å². The van der Waals surface area contributed by atoms with Crippen molar-refractivity contribution >= 4 is 11.8 Å². The van der Waals surface area contributed by atoms with Gasteiger partial charge >= 0.3 is 5.97 Å². The summed E-state index contributed by atoms with van der Waals surface area (Å²) in [5.41, 5.74) is 1.86. The van der Waals surface area contributed by atoms with Crippen molar-refractivity contribution in [2.45, 2.75) is 61.9 Å². The number of phenolic OH excluding ortho intramolecular Hbond substituents is 1. The zero-order valence-corrected chi connectivity index (χ0v) is 21.8. The normalized spacial score (nSPS) is 39.5. The second-order valence-corrected chi connectivity index (χ2v) is 10.9. The molecule has 40 heavy (non-hydrogen) atoms. The topological polar surface area (TPSA) is 172 Å². The number of ether oxygens (including phenoxy) is 4. The summed E-state index contributed by atoms with van der Waals surface area (Å²) in [5.74, 6) is -2.13. The van der Waals surface area contributed by atoms with E-state index in [0.29, 0.717) is 17.6 Å². The second kappa shape index (κ2) is 11.2. The van der Waals surface area contributed by atoms with Gasteiger partial charge in [-0.1, -0.05) is 25.3 Å². The van der Waals surface area contributed by atoms with Crippen molar-refractivity contribution in [1.82, 2.24) is 0 Å². The fourth-order valence-corrected chi connectivity index (χ4v) is 6.23. The van der Waals surface area contributed by atoms with Crippen LogP contribution in [0.1, 0.15) is 23.2 Å². The molecule has 0 bridgehead atoms. The number of rotatable bonds is 7. The van der Waals surface area contributed by atoms with Gasteiger partial charge < -0.3 is 44.5 Å². The van der Waals surface area contributed by atoms with Gasteiger partial charge in [0.15, 0.2) is 12.1 Å². The third kappa shape index (κ3) is 5.14. The lowest BCUT2D eigenvalue weighted by Crippen LogP contribution is -2.60. The predicted molar refractivity (Wildman–Crippen MR) is 138 cm³/mol. The molecule has 0 aromatic heterocycles. The molecule has 5 rings (SSSR count). The third-order valence-electron chi connectivity index (χ3n) is 8.44. The van der Waals surface area contributed by atoms with Crippen LogP contribution in [-0.2, 0) is 23.7 Å². The molecule has 4 fully saturated rings. The van der Waals surface area contributed by atoms with Gasteiger partial charge in [-0.15, -0.1) is 0 Å². The van der Waals surface area contributed by atoms with Crippen molar-refractivity contribution in [2.75, 3.05) is 13.2 Å². The predicted octanol–water partition coefficient (Wildman–Crippen LogP) is 0.395.